The Morgan fingerprint density at radius 3 is 2.43 bits per heavy atom. The first-order valence-electron chi connectivity index (χ1n) is 8.30. The van der Waals surface area contributed by atoms with Gasteiger partial charge in [-0.2, -0.15) is 0 Å². The van der Waals surface area contributed by atoms with E-state index in [9.17, 15) is 9.59 Å². The lowest BCUT2D eigenvalue weighted by molar-refractivity contribution is 0.0947. The van der Waals surface area contributed by atoms with Crippen LogP contribution in [0.15, 0.2) is 71.3 Å². The number of hydrogen-bond acceptors (Lipinski definition) is 4. The van der Waals surface area contributed by atoms with Gasteiger partial charge >= 0.3 is 0 Å². The molecular formula is C20H16ClN3O3S. The van der Waals surface area contributed by atoms with Crippen LogP contribution in [0.3, 0.4) is 0 Å². The van der Waals surface area contributed by atoms with Crippen LogP contribution in [0.5, 0.6) is 0 Å². The zero-order valence-electron chi connectivity index (χ0n) is 14.6. The van der Waals surface area contributed by atoms with E-state index in [1.165, 1.54) is 0 Å². The third kappa shape index (κ3) is 5.18. The van der Waals surface area contributed by atoms with Crippen LogP contribution in [0.1, 0.15) is 26.5 Å². The number of anilines is 1. The molecule has 0 atom stereocenters. The number of para-hydroxylation sites is 1. The van der Waals surface area contributed by atoms with Gasteiger partial charge in [0.15, 0.2) is 5.11 Å². The molecule has 142 valence electrons. The number of amides is 2. The fourth-order valence-corrected chi connectivity index (χ4v) is 2.72. The molecule has 28 heavy (non-hydrogen) atoms. The molecule has 0 saturated carbocycles. The summed E-state index contributed by atoms with van der Waals surface area (Å²) in [5, 5.41) is 8.84. The zero-order chi connectivity index (χ0) is 19.9. The van der Waals surface area contributed by atoms with Crippen molar-refractivity contribution in [2.45, 2.75) is 6.54 Å². The first-order chi connectivity index (χ1) is 13.5. The summed E-state index contributed by atoms with van der Waals surface area (Å²) in [5.41, 5.74) is 1.27. The van der Waals surface area contributed by atoms with Crippen LogP contribution in [-0.4, -0.2) is 16.9 Å². The normalized spacial score (nSPS) is 10.2. The van der Waals surface area contributed by atoms with Crippen LogP contribution in [-0.2, 0) is 6.54 Å². The van der Waals surface area contributed by atoms with E-state index in [1.54, 1.807) is 66.9 Å². The summed E-state index contributed by atoms with van der Waals surface area (Å²) in [4.78, 5) is 24.7. The predicted octanol–water partition coefficient (Wildman–Crippen LogP) is 3.99. The largest absolute Gasteiger partial charge is 0.467 e. The summed E-state index contributed by atoms with van der Waals surface area (Å²) >= 11 is 11.0. The van der Waals surface area contributed by atoms with Gasteiger partial charge < -0.3 is 15.1 Å². The van der Waals surface area contributed by atoms with Crippen LogP contribution in [0.25, 0.3) is 0 Å². The number of rotatable bonds is 5. The van der Waals surface area contributed by atoms with E-state index in [0.717, 1.165) is 0 Å². The van der Waals surface area contributed by atoms with Crippen LogP contribution in [0.2, 0.25) is 5.02 Å². The third-order valence-corrected chi connectivity index (χ3v) is 4.21. The Labute approximate surface area is 171 Å². The minimum Gasteiger partial charge on any atom is -0.467 e. The van der Waals surface area contributed by atoms with E-state index in [0.29, 0.717) is 27.6 Å². The van der Waals surface area contributed by atoms with E-state index in [4.69, 9.17) is 28.2 Å². The second-order valence-corrected chi connectivity index (χ2v) is 6.57. The van der Waals surface area contributed by atoms with Crippen molar-refractivity contribution in [3.8, 4) is 0 Å². The third-order valence-electron chi connectivity index (χ3n) is 3.76. The molecule has 0 saturated heterocycles. The van der Waals surface area contributed by atoms with Gasteiger partial charge in [-0.15, -0.1) is 0 Å². The van der Waals surface area contributed by atoms with Crippen molar-refractivity contribution in [1.82, 2.24) is 10.6 Å². The molecule has 3 N–H and O–H groups in total. The minimum absolute atomic E-state index is 0.0752. The molecular weight excluding hydrogens is 398 g/mol. The number of halogens is 1. The number of carbonyl (C=O) groups is 2. The Morgan fingerprint density at radius 1 is 0.964 bits per heavy atom. The van der Waals surface area contributed by atoms with Crippen LogP contribution in [0.4, 0.5) is 5.69 Å². The van der Waals surface area contributed by atoms with Gasteiger partial charge in [-0.1, -0.05) is 23.7 Å². The molecule has 3 rings (SSSR count). The Kier molecular flexibility index (Phi) is 6.41. The van der Waals surface area contributed by atoms with Gasteiger partial charge in [0, 0.05) is 10.6 Å². The summed E-state index contributed by atoms with van der Waals surface area (Å²) in [7, 11) is 0. The Bertz CT molecular complexity index is 988. The lowest BCUT2D eigenvalue weighted by atomic mass is 10.1. The monoisotopic (exact) mass is 413 g/mol. The number of furan rings is 1. The zero-order valence-corrected chi connectivity index (χ0v) is 16.1. The first-order valence-corrected chi connectivity index (χ1v) is 9.09. The molecule has 0 bridgehead atoms. The standard InChI is InChI=1S/C20H16ClN3O3S/c21-14-9-7-13(8-10-14)18(25)24-20(28)23-17-6-2-1-5-16(17)19(26)22-12-15-4-3-11-27-15/h1-11H,12H2,(H,22,26)(H2,23,24,25,28). The van der Waals surface area contributed by atoms with Gasteiger partial charge in [0.2, 0.25) is 0 Å². The van der Waals surface area contributed by atoms with Gasteiger partial charge in [-0.05, 0) is 60.7 Å². The molecule has 0 aliphatic heterocycles. The second kappa shape index (κ2) is 9.16. The van der Waals surface area contributed by atoms with Gasteiger partial charge in [-0.3, -0.25) is 14.9 Å². The maximum atomic E-state index is 12.5. The SMILES string of the molecule is O=C(NC(=S)Nc1ccccc1C(=O)NCc1ccco1)c1ccc(Cl)cc1. The summed E-state index contributed by atoms with van der Waals surface area (Å²) in [6.07, 6.45) is 1.54. The van der Waals surface area contributed by atoms with Crippen LogP contribution < -0.4 is 16.0 Å². The van der Waals surface area contributed by atoms with Crippen molar-refractivity contribution in [3.63, 3.8) is 0 Å². The highest BCUT2D eigenvalue weighted by molar-refractivity contribution is 7.80. The molecule has 3 aromatic rings. The van der Waals surface area contributed by atoms with Crippen molar-refractivity contribution in [1.29, 1.82) is 0 Å². The Morgan fingerprint density at radius 2 is 1.71 bits per heavy atom. The summed E-state index contributed by atoms with van der Waals surface area (Å²) in [6, 6.07) is 16.8. The Balaban J connectivity index is 1.63. The molecule has 0 spiro atoms. The van der Waals surface area contributed by atoms with Crippen molar-refractivity contribution in [3.05, 3.63) is 88.8 Å². The van der Waals surface area contributed by atoms with E-state index in [1.807, 2.05) is 0 Å². The number of thiocarbonyl (C=S) groups is 1. The fourth-order valence-electron chi connectivity index (χ4n) is 2.40. The Hall–Kier alpha value is -3.16. The maximum Gasteiger partial charge on any atom is 0.257 e. The molecule has 0 unspecified atom stereocenters. The topological polar surface area (TPSA) is 83.4 Å². The molecule has 0 radical (unpaired) electrons. The van der Waals surface area contributed by atoms with Crippen LogP contribution in [0, 0.1) is 0 Å². The van der Waals surface area contributed by atoms with Crippen molar-refractivity contribution in [2.24, 2.45) is 0 Å². The summed E-state index contributed by atoms with van der Waals surface area (Å²) in [6.45, 7) is 0.262. The molecule has 0 fully saturated rings. The highest BCUT2D eigenvalue weighted by Crippen LogP contribution is 2.15. The smallest absolute Gasteiger partial charge is 0.257 e. The lowest BCUT2D eigenvalue weighted by Gasteiger charge is -2.13. The number of hydrogen-bond donors (Lipinski definition) is 3. The molecule has 1 heterocycles. The molecule has 1 aromatic heterocycles. The van der Waals surface area contributed by atoms with Gasteiger partial charge in [0.1, 0.15) is 5.76 Å². The maximum absolute atomic E-state index is 12.5. The van der Waals surface area contributed by atoms with E-state index >= 15 is 0 Å². The lowest BCUT2D eigenvalue weighted by Crippen LogP contribution is -2.35. The summed E-state index contributed by atoms with van der Waals surface area (Å²) in [5.74, 6) is -0.0372. The average molecular weight is 414 g/mol. The van der Waals surface area contributed by atoms with Gasteiger partial charge in [0.25, 0.3) is 11.8 Å². The molecule has 2 aromatic carbocycles. The molecule has 2 amide bonds. The molecule has 0 aliphatic rings. The minimum atomic E-state index is -0.381. The summed E-state index contributed by atoms with van der Waals surface area (Å²) < 4.78 is 5.20. The van der Waals surface area contributed by atoms with Crippen molar-refractivity contribution in [2.75, 3.05) is 5.32 Å². The van der Waals surface area contributed by atoms with Crippen molar-refractivity contribution >= 4 is 46.4 Å². The predicted molar refractivity (Wildman–Crippen MR) is 111 cm³/mol. The second-order valence-electron chi connectivity index (χ2n) is 5.72. The highest BCUT2D eigenvalue weighted by atomic mass is 35.5. The quantitative estimate of drug-likeness (QED) is 0.551. The van der Waals surface area contributed by atoms with E-state index in [-0.39, 0.29) is 23.5 Å². The van der Waals surface area contributed by atoms with Crippen molar-refractivity contribution < 1.29 is 14.0 Å². The van der Waals surface area contributed by atoms with Crippen LogP contribution >= 0.6 is 23.8 Å². The molecule has 0 aliphatic carbocycles. The number of carbonyl (C=O) groups excluding carboxylic acids is 2. The number of nitrogens with one attached hydrogen (secondary N) is 3. The first kappa shape index (κ1) is 19.6. The van der Waals surface area contributed by atoms with Gasteiger partial charge in [0.05, 0.1) is 24.1 Å². The van der Waals surface area contributed by atoms with Gasteiger partial charge in [-0.25, -0.2) is 0 Å². The van der Waals surface area contributed by atoms with E-state index in [2.05, 4.69) is 16.0 Å². The highest BCUT2D eigenvalue weighted by Gasteiger charge is 2.14. The molecule has 8 heteroatoms. The number of benzene rings is 2. The van der Waals surface area contributed by atoms with E-state index < -0.39 is 0 Å². The molecule has 6 nitrogen and oxygen atoms in total. The average Bonchev–Trinajstić information content (AvgIpc) is 3.20. The fraction of sp³-hybridized carbons (Fsp3) is 0.0500.